The van der Waals surface area contributed by atoms with Crippen molar-refractivity contribution in [2.24, 2.45) is 0 Å². The highest BCUT2D eigenvalue weighted by molar-refractivity contribution is 6.06. The zero-order chi connectivity index (χ0) is 21.9. The van der Waals surface area contributed by atoms with Crippen molar-refractivity contribution in [3.05, 3.63) is 71.8 Å². The molecular weight excluding hydrogens is 409 g/mol. The van der Waals surface area contributed by atoms with E-state index in [4.69, 9.17) is 0 Å². The largest absolute Gasteiger partial charge is 0.460 e. The van der Waals surface area contributed by atoms with Gasteiger partial charge in [-0.25, -0.2) is 4.79 Å². The summed E-state index contributed by atoms with van der Waals surface area (Å²) >= 11 is 0. The summed E-state index contributed by atoms with van der Waals surface area (Å²) in [6, 6.07) is 12.4. The first-order chi connectivity index (χ1) is 13.4. The Morgan fingerprint density at radius 2 is 1.34 bits per heavy atom. The molecule has 0 spiro atoms. The normalized spacial score (nSPS) is 12.8. The second-order valence-corrected chi connectivity index (χ2v) is 5.67. The first-order valence-corrected chi connectivity index (χ1v) is 7.78. The van der Waals surface area contributed by atoms with Crippen LogP contribution in [0.5, 0.6) is 5.75 Å². The van der Waals surface area contributed by atoms with E-state index in [1.165, 1.54) is 12.2 Å². The van der Waals surface area contributed by atoms with Gasteiger partial charge in [0.1, 0.15) is 5.75 Å². The van der Waals surface area contributed by atoms with Gasteiger partial charge in [0.05, 0.1) is 0 Å². The van der Waals surface area contributed by atoms with E-state index in [1.54, 1.807) is 30.3 Å². The molecule has 154 valence electrons. The third-order valence-electron chi connectivity index (χ3n) is 3.58. The molecule has 2 aromatic carbocycles. The third kappa shape index (κ3) is 4.82. The minimum absolute atomic E-state index is 0.0318. The summed E-state index contributed by atoms with van der Waals surface area (Å²) < 4.78 is 92.3. The van der Waals surface area contributed by atoms with Crippen molar-refractivity contribution in [3.8, 4) is 5.75 Å². The first-order valence-electron chi connectivity index (χ1n) is 7.78. The third-order valence-corrected chi connectivity index (χ3v) is 3.58. The molecule has 0 radical (unpaired) electrons. The molecule has 0 aliphatic carbocycles. The van der Waals surface area contributed by atoms with Crippen LogP contribution in [0.1, 0.15) is 15.9 Å². The van der Waals surface area contributed by atoms with Crippen molar-refractivity contribution < 1.29 is 45.1 Å². The number of carbonyl (C=O) groups is 2. The summed E-state index contributed by atoms with van der Waals surface area (Å²) in [6.45, 7) is 0. The maximum atomic E-state index is 13.2. The summed E-state index contributed by atoms with van der Waals surface area (Å²) in [4.78, 5) is 23.2. The Kier molecular flexibility index (Phi) is 6.15. The molecule has 0 atom stereocenters. The van der Waals surface area contributed by atoms with Crippen LogP contribution in [0.2, 0.25) is 0 Å². The second-order valence-electron chi connectivity index (χ2n) is 5.67. The fourth-order valence-corrected chi connectivity index (χ4v) is 2.00. The van der Waals surface area contributed by atoms with E-state index in [0.717, 1.165) is 29.8 Å². The van der Waals surface area contributed by atoms with Crippen molar-refractivity contribution in [1.82, 2.24) is 0 Å². The molecule has 3 nitrogen and oxygen atoms in total. The summed E-state index contributed by atoms with van der Waals surface area (Å²) in [7, 11) is 0. The lowest BCUT2D eigenvalue weighted by Gasteiger charge is -2.26. The minimum Gasteiger partial charge on any atom is -0.422 e. The first kappa shape index (κ1) is 22.1. The van der Waals surface area contributed by atoms with Gasteiger partial charge in [0.2, 0.25) is 0 Å². The highest BCUT2D eigenvalue weighted by Crippen LogP contribution is 2.47. The van der Waals surface area contributed by atoms with E-state index < -0.39 is 35.5 Å². The van der Waals surface area contributed by atoms with Gasteiger partial charge >= 0.3 is 24.0 Å². The van der Waals surface area contributed by atoms with Crippen LogP contribution in [0.3, 0.4) is 0 Å². The summed E-state index contributed by atoms with van der Waals surface area (Å²) in [5.41, 5.74) is 0.753. The van der Waals surface area contributed by atoms with Gasteiger partial charge in [-0.05, 0) is 35.9 Å². The van der Waals surface area contributed by atoms with E-state index >= 15 is 0 Å². The number of carbonyl (C=O) groups excluding carboxylic acids is 2. The molecule has 0 aromatic heterocycles. The number of ether oxygens (including phenoxy) is 1. The monoisotopic (exact) mass is 420 g/mol. The van der Waals surface area contributed by atoms with Gasteiger partial charge in [0, 0.05) is 5.56 Å². The number of alkyl halides is 7. The summed E-state index contributed by atoms with van der Waals surface area (Å²) in [6.07, 6.45) is -3.96. The van der Waals surface area contributed by atoms with E-state index in [9.17, 15) is 40.3 Å². The number of halogens is 7. The number of allylic oxidation sites excluding steroid dienone is 1. The van der Waals surface area contributed by atoms with Crippen LogP contribution < -0.4 is 4.74 Å². The van der Waals surface area contributed by atoms with Crippen LogP contribution in [-0.2, 0) is 4.79 Å². The Bertz CT molecular complexity index is 902. The van der Waals surface area contributed by atoms with Crippen molar-refractivity contribution in [2.75, 3.05) is 0 Å². The lowest BCUT2D eigenvalue weighted by atomic mass is 10.1. The highest BCUT2D eigenvalue weighted by Gasteiger charge is 2.77. The van der Waals surface area contributed by atoms with E-state index in [-0.39, 0.29) is 5.56 Å². The lowest BCUT2D eigenvalue weighted by molar-refractivity contribution is -0.346. The molecule has 0 aliphatic heterocycles. The number of hydrogen-bond acceptors (Lipinski definition) is 3. The molecule has 0 saturated heterocycles. The number of hydrogen-bond donors (Lipinski definition) is 0. The molecular formula is C19H11F7O3. The number of rotatable bonds is 6. The predicted octanol–water partition coefficient (Wildman–Crippen LogP) is 5.32. The molecule has 0 fully saturated rings. The van der Waals surface area contributed by atoms with Crippen LogP contribution in [0, 0.1) is 0 Å². The van der Waals surface area contributed by atoms with Gasteiger partial charge in [0.15, 0.2) is 5.78 Å². The van der Waals surface area contributed by atoms with Crippen molar-refractivity contribution >= 4 is 17.8 Å². The van der Waals surface area contributed by atoms with Gasteiger partial charge in [0.25, 0.3) is 0 Å². The van der Waals surface area contributed by atoms with Gasteiger partial charge in [-0.3, -0.25) is 4.79 Å². The maximum Gasteiger partial charge on any atom is 0.460 e. The van der Waals surface area contributed by atoms with Crippen LogP contribution in [0.25, 0.3) is 6.08 Å². The maximum absolute atomic E-state index is 13.2. The topological polar surface area (TPSA) is 43.4 Å². The number of esters is 1. The molecule has 0 saturated carbocycles. The van der Waals surface area contributed by atoms with Crippen LogP contribution in [0.4, 0.5) is 30.7 Å². The zero-order valence-corrected chi connectivity index (χ0v) is 14.2. The quantitative estimate of drug-likeness (QED) is 0.209. The molecule has 10 heteroatoms. The van der Waals surface area contributed by atoms with Gasteiger partial charge < -0.3 is 4.74 Å². The number of ketones is 1. The second kappa shape index (κ2) is 8.06. The molecule has 0 unspecified atom stereocenters. The van der Waals surface area contributed by atoms with Crippen molar-refractivity contribution in [1.29, 1.82) is 0 Å². The standard InChI is InChI=1S/C19H11F7O3/c20-17(21,18(22,23)19(24,25)26)16(28)29-14-9-7-13(8-10-14)15(27)11-6-12-4-2-1-3-5-12/h1-11H/b11-6+. The molecule has 2 aromatic rings. The Balaban J connectivity index is 2.09. The van der Waals surface area contributed by atoms with Crippen LogP contribution in [0.15, 0.2) is 60.7 Å². The average Bonchev–Trinajstić information content (AvgIpc) is 2.66. The van der Waals surface area contributed by atoms with E-state index in [1.807, 2.05) is 0 Å². The van der Waals surface area contributed by atoms with Gasteiger partial charge in [-0.1, -0.05) is 36.4 Å². The van der Waals surface area contributed by atoms with Gasteiger partial charge in [-0.2, -0.15) is 30.7 Å². The van der Waals surface area contributed by atoms with Crippen LogP contribution in [-0.4, -0.2) is 29.8 Å². The Hall–Kier alpha value is -3.17. The SMILES string of the molecule is O=C(/C=C/c1ccccc1)c1ccc(OC(=O)C(F)(F)C(F)(F)C(F)(F)F)cc1. The molecule has 2 rings (SSSR count). The van der Waals surface area contributed by atoms with Crippen LogP contribution >= 0.6 is 0 Å². The zero-order valence-electron chi connectivity index (χ0n) is 14.2. The van der Waals surface area contributed by atoms with Gasteiger partial charge in [-0.15, -0.1) is 0 Å². The Labute approximate surface area is 159 Å². The molecule has 0 N–H and O–H groups in total. The molecule has 0 heterocycles. The molecule has 0 aliphatic rings. The highest BCUT2D eigenvalue weighted by atomic mass is 19.4. The molecule has 0 amide bonds. The average molecular weight is 420 g/mol. The fraction of sp³-hybridized carbons (Fsp3) is 0.158. The Morgan fingerprint density at radius 1 is 0.793 bits per heavy atom. The minimum atomic E-state index is -6.66. The lowest BCUT2D eigenvalue weighted by Crippen LogP contribution is -2.57. The van der Waals surface area contributed by atoms with Crippen molar-refractivity contribution in [3.63, 3.8) is 0 Å². The van der Waals surface area contributed by atoms with E-state index in [2.05, 4.69) is 4.74 Å². The smallest absolute Gasteiger partial charge is 0.422 e. The number of benzene rings is 2. The van der Waals surface area contributed by atoms with E-state index in [0.29, 0.717) is 0 Å². The van der Waals surface area contributed by atoms with Crippen molar-refractivity contribution in [2.45, 2.75) is 18.0 Å². The summed E-state index contributed by atoms with van der Waals surface area (Å²) in [5, 5.41) is 0. The molecule has 29 heavy (non-hydrogen) atoms. The Morgan fingerprint density at radius 3 is 1.86 bits per heavy atom. The molecule has 0 bridgehead atoms. The fourth-order valence-electron chi connectivity index (χ4n) is 2.00. The summed E-state index contributed by atoms with van der Waals surface area (Å²) in [5.74, 6) is -17.1. The predicted molar refractivity (Wildman–Crippen MR) is 87.8 cm³/mol.